The van der Waals surface area contributed by atoms with Crippen molar-refractivity contribution >= 4 is 40.6 Å². The number of benzene rings is 2. The van der Waals surface area contributed by atoms with Crippen LogP contribution in [0.25, 0.3) is 11.0 Å². The minimum absolute atomic E-state index is 0.152. The van der Waals surface area contributed by atoms with E-state index in [0.717, 1.165) is 16.2 Å². The van der Waals surface area contributed by atoms with Gasteiger partial charge >= 0.3 is 5.69 Å². The van der Waals surface area contributed by atoms with Crippen LogP contribution in [0.3, 0.4) is 0 Å². The van der Waals surface area contributed by atoms with Gasteiger partial charge in [0.1, 0.15) is 0 Å². The monoisotopic (exact) mass is 413 g/mol. The fraction of sp³-hybridized carbons (Fsp3) is 0.211. The fourth-order valence-electron chi connectivity index (χ4n) is 2.57. The SMILES string of the molecule is COc1ccc(/C=N\NC(=O)c2ccc3nc(SC(C)C)[nH]c3c2)cc1[N+](=O)[O-]. The molecule has 0 aliphatic rings. The van der Waals surface area contributed by atoms with E-state index in [1.54, 1.807) is 36.0 Å². The Balaban J connectivity index is 1.71. The number of carbonyl (C=O) groups excluding carboxylic acids is 1. The quantitative estimate of drug-likeness (QED) is 0.263. The van der Waals surface area contributed by atoms with Crippen molar-refractivity contribution in [3.63, 3.8) is 0 Å². The highest BCUT2D eigenvalue weighted by atomic mass is 32.2. The number of aromatic amines is 1. The minimum atomic E-state index is -0.541. The number of hydrogen-bond acceptors (Lipinski definition) is 7. The maximum atomic E-state index is 12.3. The molecular weight excluding hydrogens is 394 g/mol. The number of nitrogens with zero attached hydrogens (tertiary/aromatic N) is 3. The Hall–Kier alpha value is -3.40. The first-order valence-electron chi connectivity index (χ1n) is 8.69. The Morgan fingerprint density at radius 2 is 2.14 bits per heavy atom. The number of nitro benzene ring substituents is 1. The van der Waals surface area contributed by atoms with E-state index in [-0.39, 0.29) is 11.4 Å². The van der Waals surface area contributed by atoms with Crippen molar-refractivity contribution in [1.82, 2.24) is 15.4 Å². The topological polar surface area (TPSA) is 123 Å². The molecule has 0 radical (unpaired) electrons. The Kier molecular flexibility index (Phi) is 6.13. The summed E-state index contributed by atoms with van der Waals surface area (Å²) in [6, 6.07) is 9.53. The number of hydrazone groups is 1. The van der Waals surface area contributed by atoms with E-state index >= 15 is 0 Å². The Morgan fingerprint density at radius 1 is 1.34 bits per heavy atom. The van der Waals surface area contributed by atoms with Crippen LogP contribution in [0.1, 0.15) is 29.8 Å². The largest absolute Gasteiger partial charge is 0.490 e. The molecule has 0 fully saturated rings. The molecule has 1 aromatic heterocycles. The van der Waals surface area contributed by atoms with E-state index in [1.807, 2.05) is 0 Å². The number of H-pyrrole nitrogens is 1. The van der Waals surface area contributed by atoms with Crippen molar-refractivity contribution < 1.29 is 14.5 Å². The lowest BCUT2D eigenvalue weighted by Gasteiger charge is -2.02. The van der Waals surface area contributed by atoms with E-state index in [0.29, 0.717) is 16.4 Å². The van der Waals surface area contributed by atoms with Crippen molar-refractivity contribution in [3.05, 3.63) is 57.6 Å². The number of nitrogens with one attached hydrogen (secondary N) is 2. The molecule has 0 saturated heterocycles. The highest BCUT2D eigenvalue weighted by Gasteiger charge is 2.14. The van der Waals surface area contributed by atoms with Gasteiger partial charge in [0.15, 0.2) is 10.9 Å². The highest BCUT2D eigenvalue weighted by Crippen LogP contribution is 2.27. The molecule has 10 heteroatoms. The third kappa shape index (κ3) is 4.91. The van der Waals surface area contributed by atoms with Gasteiger partial charge in [-0.25, -0.2) is 10.4 Å². The zero-order chi connectivity index (χ0) is 21.0. The van der Waals surface area contributed by atoms with Crippen molar-refractivity contribution in [2.24, 2.45) is 5.10 Å². The summed E-state index contributed by atoms with van der Waals surface area (Å²) in [5, 5.41) is 16.1. The first-order chi connectivity index (χ1) is 13.9. The lowest BCUT2D eigenvalue weighted by atomic mass is 10.2. The number of carbonyl (C=O) groups is 1. The Labute approximate surface area is 170 Å². The van der Waals surface area contributed by atoms with E-state index in [1.165, 1.54) is 25.5 Å². The highest BCUT2D eigenvalue weighted by molar-refractivity contribution is 7.99. The molecule has 0 aliphatic heterocycles. The maximum Gasteiger partial charge on any atom is 0.311 e. The number of aromatic nitrogens is 2. The number of nitro groups is 1. The van der Waals surface area contributed by atoms with E-state index in [9.17, 15) is 14.9 Å². The number of fused-ring (bicyclic) bond motifs is 1. The third-order valence-corrected chi connectivity index (χ3v) is 4.74. The molecule has 9 nitrogen and oxygen atoms in total. The third-order valence-electron chi connectivity index (χ3n) is 3.85. The average molecular weight is 413 g/mol. The molecule has 0 unspecified atom stereocenters. The lowest BCUT2D eigenvalue weighted by molar-refractivity contribution is -0.385. The number of imidazole rings is 1. The number of hydrogen-bond donors (Lipinski definition) is 2. The molecule has 2 N–H and O–H groups in total. The van der Waals surface area contributed by atoms with Gasteiger partial charge in [-0.2, -0.15) is 5.10 Å². The van der Waals surface area contributed by atoms with Crippen LogP contribution in [0.2, 0.25) is 0 Å². The molecule has 0 bridgehead atoms. The van der Waals surface area contributed by atoms with Crippen LogP contribution in [0, 0.1) is 10.1 Å². The van der Waals surface area contributed by atoms with Crippen LogP contribution in [-0.4, -0.2) is 39.4 Å². The van der Waals surface area contributed by atoms with Gasteiger partial charge < -0.3 is 9.72 Å². The zero-order valence-corrected chi connectivity index (χ0v) is 16.8. The predicted octanol–water partition coefficient (Wildman–Crippen LogP) is 3.74. The summed E-state index contributed by atoms with van der Waals surface area (Å²) in [5.41, 5.74) is 4.65. The van der Waals surface area contributed by atoms with Crippen LogP contribution < -0.4 is 10.2 Å². The molecule has 2 aromatic carbocycles. The van der Waals surface area contributed by atoms with E-state index < -0.39 is 10.8 Å². The number of ether oxygens (including phenoxy) is 1. The minimum Gasteiger partial charge on any atom is -0.490 e. The molecule has 29 heavy (non-hydrogen) atoms. The van der Waals surface area contributed by atoms with Crippen LogP contribution >= 0.6 is 11.8 Å². The normalized spacial score (nSPS) is 11.3. The molecule has 3 aromatic rings. The number of methoxy groups -OCH3 is 1. The summed E-state index contributed by atoms with van der Waals surface area (Å²) in [7, 11) is 1.36. The van der Waals surface area contributed by atoms with Crippen LogP contribution in [0.15, 0.2) is 46.7 Å². The van der Waals surface area contributed by atoms with Crippen LogP contribution in [0.5, 0.6) is 5.75 Å². The second-order valence-corrected chi connectivity index (χ2v) is 7.89. The fourth-order valence-corrected chi connectivity index (χ4v) is 3.33. The van der Waals surface area contributed by atoms with Crippen molar-refractivity contribution in [3.8, 4) is 5.75 Å². The van der Waals surface area contributed by atoms with Gasteiger partial charge in [0.2, 0.25) is 0 Å². The van der Waals surface area contributed by atoms with E-state index in [2.05, 4.69) is 34.3 Å². The standard InChI is InChI=1S/C19H19N5O4S/c1-11(2)29-19-21-14-6-5-13(9-15(14)22-19)18(25)23-20-10-12-4-7-17(28-3)16(8-12)24(26)27/h4-11H,1-3H3,(H,21,22)(H,23,25)/b20-10-. The molecule has 0 spiro atoms. The van der Waals surface area contributed by atoms with Crippen LogP contribution in [-0.2, 0) is 0 Å². The smallest absolute Gasteiger partial charge is 0.311 e. The first-order valence-corrected chi connectivity index (χ1v) is 9.57. The molecule has 1 amide bonds. The molecule has 0 aliphatic carbocycles. The summed E-state index contributed by atoms with van der Waals surface area (Å²) in [4.78, 5) is 30.5. The van der Waals surface area contributed by atoms with E-state index in [4.69, 9.17) is 4.74 Å². The Morgan fingerprint density at radius 3 is 2.83 bits per heavy atom. The molecule has 150 valence electrons. The second-order valence-electron chi connectivity index (χ2n) is 6.33. The van der Waals surface area contributed by atoms with Gasteiger partial charge in [-0.05, 0) is 30.3 Å². The Bertz CT molecular complexity index is 1090. The van der Waals surface area contributed by atoms with Gasteiger partial charge in [0.05, 0.1) is 29.3 Å². The first kappa shape index (κ1) is 20.3. The molecule has 1 heterocycles. The lowest BCUT2D eigenvalue weighted by Crippen LogP contribution is -2.17. The molecule has 0 atom stereocenters. The summed E-state index contributed by atoms with van der Waals surface area (Å²) in [6.07, 6.45) is 1.33. The second kappa shape index (κ2) is 8.74. The number of thioether (sulfide) groups is 1. The van der Waals surface area contributed by atoms with Gasteiger partial charge in [0.25, 0.3) is 5.91 Å². The molecule has 0 saturated carbocycles. The molecule has 3 rings (SSSR count). The number of amides is 1. The van der Waals surface area contributed by atoms with Gasteiger partial charge in [-0.1, -0.05) is 25.6 Å². The summed E-state index contributed by atoms with van der Waals surface area (Å²) in [5.74, 6) is -0.252. The number of rotatable bonds is 7. The van der Waals surface area contributed by atoms with Gasteiger partial charge in [-0.3, -0.25) is 14.9 Å². The van der Waals surface area contributed by atoms with Crippen molar-refractivity contribution in [1.29, 1.82) is 0 Å². The summed E-state index contributed by atoms with van der Waals surface area (Å²) in [6.45, 7) is 4.15. The zero-order valence-electron chi connectivity index (χ0n) is 16.0. The van der Waals surface area contributed by atoms with Crippen molar-refractivity contribution in [2.45, 2.75) is 24.3 Å². The maximum absolute atomic E-state index is 12.3. The summed E-state index contributed by atoms with van der Waals surface area (Å²) >= 11 is 1.61. The van der Waals surface area contributed by atoms with Crippen LogP contribution in [0.4, 0.5) is 5.69 Å². The van der Waals surface area contributed by atoms with Gasteiger partial charge in [-0.15, -0.1) is 0 Å². The summed E-state index contributed by atoms with van der Waals surface area (Å²) < 4.78 is 4.95. The molecular formula is C19H19N5O4S. The predicted molar refractivity (Wildman–Crippen MR) is 112 cm³/mol. The van der Waals surface area contributed by atoms with Crippen molar-refractivity contribution in [2.75, 3.05) is 7.11 Å². The average Bonchev–Trinajstić information content (AvgIpc) is 3.08. The van der Waals surface area contributed by atoms with Gasteiger partial charge in [0, 0.05) is 22.4 Å².